The van der Waals surface area contributed by atoms with Gasteiger partial charge in [0.05, 0.1) is 12.2 Å². The number of hydrogen-bond acceptors (Lipinski definition) is 3. The van der Waals surface area contributed by atoms with E-state index < -0.39 is 0 Å². The van der Waals surface area contributed by atoms with Crippen molar-refractivity contribution in [2.24, 2.45) is 5.92 Å². The number of pyridine rings is 1. The minimum absolute atomic E-state index is 0.531. The van der Waals surface area contributed by atoms with E-state index in [1.807, 2.05) is 0 Å². The second-order valence-corrected chi connectivity index (χ2v) is 3.29. The van der Waals surface area contributed by atoms with Crippen molar-refractivity contribution in [1.82, 2.24) is 4.98 Å². The molecule has 1 aliphatic carbocycles. The Kier molecular flexibility index (Phi) is 2.25. The highest BCUT2D eigenvalue weighted by Crippen LogP contribution is 2.29. The number of carbonyl (C=O) groups is 1. The van der Waals surface area contributed by atoms with E-state index in [-0.39, 0.29) is 0 Å². The van der Waals surface area contributed by atoms with E-state index >= 15 is 0 Å². The lowest BCUT2D eigenvalue weighted by molar-refractivity contribution is 0.111. The van der Waals surface area contributed by atoms with Crippen LogP contribution in [-0.4, -0.2) is 17.9 Å². The van der Waals surface area contributed by atoms with Gasteiger partial charge in [-0.05, 0) is 24.8 Å². The van der Waals surface area contributed by atoms with Crippen LogP contribution in [0.15, 0.2) is 18.5 Å². The van der Waals surface area contributed by atoms with E-state index in [1.54, 1.807) is 12.3 Å². The third-order valence-corrected chi connectivity index (χ3v) is 2.11. The van der Waals surface area contributed by atoms with Crippen molar-refractivity contribution in [2.75, 3.05) is 6.61 Å². The van der Waals surface area contributed by atoms with E-state index in [4.69, 9.17) is 4.74 Å². The number of carbonyl (C=O) groups excluding carboxylic acids is 1. The summed E-state index contributed by atoms with van der Waals surface area (Å²) in [5.74, 6) is 1.35. The molecule has 2 rings (SSSR count). The SMILES string of the molecule is O=Cc1cnccc1OCC1CC1. The first-order valence-electron chi connectivity index (χ1n) is 4.42. The van der Waals surface area contributed by atoms with Gasteiger partial charge in [0.15, 0.2) is 6.29 Å². The van der Waals surface area contributed by atoms with E-state index in [0.717, 1.165) is 12.9 Å². The Labute approximate surface area is 76.7 Å². The summed E-state index contributed by atoms with van der Waals surface area (Å²) < 4.78 is 5.48. The van der Waals surface area contributed by atoms with Gasteiger partial charge in [0, 0.05) is 12.4 Å². The minimum atomic E-state index is 0.531. The molecule has 0 saturated heterocycles. The van der Waals surface area contributed by atoms with Gasteiger partial charge in [-0.2, -0.15) is 0 Å². The van der Waals surface area contributed by atoms with Crippen LogP contribution in [0.4, 0.5) is 0 Å². The number of aromatic nitrogens is 1. The van der Waals surface area contributed by atoms with Crippen LogP contribution in [0.25, 0.3) is 0 Å². The van der Waals surface area contributed by atoms with Crippen molar-refractivity contribution in [2.45, 2.75) is 12.8 Å². The zero-order valence-electron chi connectivity index (χ0n) is 7.27. The first kappa shape index (κ1) is 8.23. The molecule has 0 unspecified atom stereocenters. The van der Waals surface area contributed by atoms with Crippen LogP contribution in [0, 0.1) is 5.92 Å². The maximum atomic E-state index is 10.6. The summed E-state index contributed by atoms with van der Waals surface area (Å²) in [7, 11) is 0. The maximum absolute atomic E-state index is 10.6. The molecule has 0 aliphatic heterocycles. The standard InChI is InChI=1S/C10H11NO2/c12-6-9-5-11-4-3-10(9)13-7-8-1-2-8/h3-6,8H,1-2,7H2. The number of nitrogens with zero attached hydrogens (tertiary/aromatic N) is 1. The van der Waals surface area contributed by atoms with Gasteiger partial charge in [0.1, 0.15) is 5.75 Å². The van der Waals surface area contributed by atoms with Crippen LogP contribution >= 0.6 is 0 Å². The predicted molar refractivity (Wildman–Crippen MR) is 47.8 cm³/mol. The second kappa shape index (κ2) is 3.56. The highest BCUT2D eigenvalue weighted by molar-refractivity contribution is 5.78. The molecule has 0 N–H and O–H groups in total. The molecule has 0 radical (unpaired) electrons. The highest BCUT2D eigenvalue weighted by Gasteiger charge is 2.22. The smallest absolute Gasteiger partial charge is 0.155 e. The minimum Gasteiger partial charge on any atom is -0.492 e. The van der Waals surface area contributed by atoms with E-state index in [2.05, 4.69) is 4.98 Å². The number of ether oxygens (including phenoxy) is 1. The van der Waals surface area contributed by atoms with Crippen molar-refractivity contribution in [3.63, 3.8) is 0 Å². The topological polar surface area (TPSA) is 39.2 Å². The summed E-state index contributed by atoms with van der Waals surface area (Å²) >= 11 is 0. The molecular formula is C10H11NO2. The molecule has 1 saturated carbocycles. The van der Waals surface area contributed by atoms with Crippen molar-refractivity contribution in [3.05, 3.63) is 24.0 Å². The summed E-state index contributed by atoms with van der Waals surface area (Å²) in [6.07, 6.45) is 6.43. The lowest BCUT2D eigenvalue weighted by Gasteiger charge is -2.05. The zero-order valence-corrected chi connectivity index (χ0v) is 7.27. The van der Waals surface area contributed by atoms with Crippen LogP contribution in [0.2, 0.25) is 0 Å². The van der Waals surface area contributed by atoms with E-state index in [9.17, 15) is 4.79 Å². The van der Waals surface area contributed by atoms with Crippen molar-refractivity contribution in [3.8, 4) is 5.75 Å². The monoisotopic (exact) mass is 177 g/mol. The van der Waals surface area contributed by atoms with Crippen molar-refractivity contribution in [1.29, 1.82) is 0 Å². The average Bonchev–Trinajstić information content (AvgIpc) is 2.99. The molecule has 3 nitrogen and oxygen atoms in total. The molecule has 13 heavy (non-hydrogen) atoms. The Morgan fingerprint density at radius 3 is 3.15 bits per heavy atom. The Morgan fingerprint density at radius 1 is 1.62 bits per heavy atom. The molecule has 1 heterocycles. The van der Waals surface area contributed by atoms with Crippen LogP contribution < -0.4 is 4.74 Å². The Morgan fingerprint density at radius 2 is 2.46 bits per heavy atom. The summed E-state index contributed by atoms with van der Waals surface area (Å²) in [6, 6.07) is 1.73. The molecule has 0 atom stereocenters. The van der Waals surface area contributed by atoms with Crippen molar-refractivity contribution < 1.29 is 9.53 Å². The normalized spacial score (nSPS) is 15.4. The van der Waals surface area contributed by atoms with Gasteiger partial charge in [-0.25, -0.2) is 0 Å². The molecule has 1 fully saturated rings. The third kappa shape index (κ3) is 2.05. The quantitative estimate of drug-likeness (QED) is 0.657. The highest BCUT2D eigenvalue weighted by atomic mass is 16.5. The van der Waals surface area contributed by atoms with Gasteiger partial charge in [-0.1, -0.05) is 0 Å². The summed E-state index contributed by atoms with van der Waals surface area (Å²) in [5, 5.41) is 0. The van der Waals surface area contributed by atoms with Gasteiger partial charge in [0.25, 0.3) is 0 Å². The summed E-state index contributed by atoms with van der Waals surface area (Å²) in [4.78, 5) is 14.4. The molecular weight excluding hydrogens is 166 g/mol. The van der Waals surface area contributed by atoms with Crippen LogP contribution in [0.1, 0.15) is 23.2 Å². The van der Waals surface area contributed by atoms with Gasteiger partial charge in [0.2, 0.25) is 0 Å². The average molecular weight is 177 g/mol. The zero-order chi connectivity index (χ0) is 9.10. The second-order valence-electron chi connectivity index (χ2n) is 3.29. The molecule has 0 bridgehead atoms. The Balaban J connectivity index is 2.03. The largest absolute Gasteiger partial charge is 0.492 e. The molecule has 0 aromatic carbocycles. The van der Waals surface area contributed by atoms with Crippen LogP contribution in [0.3, 0.4) is 0 Å². The van der Waals surface area contributed by atoms with Crippen LogP contribution in [0.5, 0.6) is 5.75 Å². The fraction of sp³-hybridized carbons (Fsp3) is 0.400. The van der Waals surface area contributed by atoms with Gasteiger partial charge < -0.3 is 4.74 Å². The van der Waals surface area contributed by atoms with Crippen molar-refractivity contribution >= 4 is 6.29 Å². The Bertz CT molecular complexity index is 308. The summed E-state index contributed by atoms with van der Waals surface area (Å²) in [5.41, 5.74) is 0.531. The lowest BCUT2D eigenvalue weighted by atomic mass is 10.3. The number of rotatable bonds is 4. The molecule has 1 aromatic rings. The molecule has 0 spiro atoms. The van der Waals surface area contributed by atoms with Gasteiger partial charge in [-0.3, -0.25) is 9.78 Å². The summed E-state index contributed by atoms with van der Waals surface area (Å²) in [6.45, 7) is 0.727. The number of aldehydes is 1. The lowest BCUT2D eigenvalue weighted by Crippen LogP contribution is -2.01. The fourth-order valence-corrected chi connectivity index (χ4v) is 1.11. The Hall–Kier alpha value is -1.38. The third-order valence-electron chi connectivity index (χ3n) is 2.11. The molecule has 1 aliphatic rings. The first-order chi connectivity index (χ1) is 6.40. The molecule has 1 aromatic heterocycles. The molecule has 68 valence electrons. The molecule has 3 heteroatoms. The molecule has 0 amide bonds. The predicted octanol–water partition coefficient (Wildman–Crippen LogP) is 1.68. The fourth-order valence-electron chi connectivity index (χ4n) is 1.11. The van der Waals surface area contributed by atoms with Crippen LogP contribution in [-0.2, 0) is 0 Å². The maximum Gasteiger partial charge on any atom is 0.155 e. The van der Waals surface area contributed by atoms with Gasteiger partial charge in [-0.15, -0.1) is 0 Å². The number of hydrogen-bond donors (Lipinski definition) is 0. The van der Waals surface area contributed by atoms with E-state index in [0.29, 0.717) is 17.2 Å². The van der Waals surface area contributed by atoms with Gasteiger partial charge >= 0.3 is 0 Å². The first-order valence-corrected chi connectivity index (χ1v) is 4.42. The van der Waals surface area contributed by atoms with E-state index in [1.165, 1.54) is 19.0 Å².